The number of esters is 2. The zero-order valence-electron chi connectivity index (χ0n) is 28.5. The van der Waals surface area contributed by atoms with Crippen LogP contribution in [0.5, 0.6) is 17.2 Å². The molecule has 6 nitrogen and oxygen atoms in total. The predicted octanol–water partition coefficient (Wildman–Crippen LogP) is 9.01. The molecule has 3 aromatic carbocycles. The summed E-state index contributed by atoms with van der Waals surface area (Å²) in [5.41, 5.74) is 4.54. The molecular formula is C40H47NO5. The molecule has 0 radical (unpaired) electrons. The Morgan fingerprint density at radius 1 is 0.891 bits per heavy atom. The van der Waals surface area contributed by atoms with Crippen LogP contribution in [0.1, 0.15) is 90.2 Å². The zero-order chi connectivity index (χ0) is 33.2. The summed E-state index contributed by atoms with van der Waals surface area (Å²) in [6.07, 6.45) is 5.28. The normalized spacial score (nSPS) is 18.8. The van der Waals surface area contributed by atoms with Crippen molar-refractivity contribution in [2.45, 2.75) is 67.9 Å². The van der Waals surface area contributed by atoms with Crippen molar-refractivity contribution < 1.29 is 23.8 Å². The first kappa shape index (κ1) is 33.2. The molecule has 1 unspecified atom stereocenters. The minimum atomic E-state index is -0.634. The van der Waals surface area contributed by atoms with Crippen LogP contribution in [0.25, 0.3) is 17.2 Å². The second kappa shape index (κ2) is 13.3. The largest absolute Gasteiger partial charge is 0.480 e. The second-order valence-electron chi connectivity index (χ2n) is 14.7. The Morgan fingerprint density at radius 2 is 1.54 bits per heavy atom. The quantitative estimate of drug-likeness (QED) is 0.194. The van der Waals surface area contributed by atoms with E-state index in [1.54, 1.807) is 12.1 Å². The maximum absolute atomic E-state index is 12.7. The van der Waals surface area contributed by atoms with Crippen LogP contribution in [0, 0.1) is 16.7 Å². The molecule has 0 bridgehead atoms. The van der Waals surface area contributed by atoms with Crippen molar-refractivity contribution in [1.29, 1.82) is 0 Å². The molecule has 0 aromatic heterocycles. The van der Waals surface area contributed by atoms with Gasteiger partial charge in [-0.3, -0.25) is 14.5 Å². The Bertz CT molecular complexity index is 1650. The number of ether oxygens (including phenoxy) is 3. The average molecular weight is 622 g/mol. The molecule has 2 heterocycles. The number of allylic oxidation sites excluding steroid dienone is 1. The van der Waals surface area contributed by atoms with Gasteiger partial charge in [0.15, 0.2) is 0 Å². The molecule has 3 aromatic rings. The van der Waals surface area contributed by atoms with E-state index in [0.29, 0.717) is 17.2 Å². The van der Waals surface area contributed by atoms with E-state index in [9.17, 15) is 9.59 Å². The lowest BCUT2D eigenvalue weighted by Gasteiger charge is -2.31. The van der Waals surface area contributed by atoms with Crippen molar-refractivity contribution in [3.05, 3.63) is 95.1 Å². The second-order valence-corrected chi connectivity index (χ2v) is 14.7. The maximum atomic E-state index is 12.7. The van der Waals surface area contributed by atoms with Gasteiger partial charge >= 0.3 is 11.9 Å². The highest BCUT2D eigenvalue weighted by atomic mass is 16.5. The van der Waals surface area contributed by atoms with E-state index in [2.05, 4.69) is 55.2 Å². The summed E-state index contributed by atoms with van der Waals surface area (Å²) in [6, 6.07) is 21.6. The molecule has 2 aliphatic rings. The number of carbonyl (C=O) groups excluding carboxylic acids is 2. The molecule has 2 aliphatic heterocycles. The van der Waals surface area contributed by atoms with Gasteiger partial charge in [0, 0.05) is 24.2 Å². The van der Waals surface area contributed by atoms with E-state index < -0.39 is 16.9 Å². The third-order valence-corrected chi connectivity index (χ3v) is 8.48. The minimum Gasteiger partial charge on any atom is -0.480 e. The summed E-state index contributed by atoms with van der Waals surface area (Å²) in [5.74, 6) is 1.82. The van der Waals surface area contributed by atoms with E-state index in [4.69, 9.17) is 14.2 Å². The first-order valence-electron chi connectivity index (χ1n) is 16.2. The van der Waals surface area contributed by atoms with Gasteiger partial charge in [0.1, 0.15) is 23.4 Å². The molecule has 2 atom stereocenters. The molecule has 0 spiro atoms. The van der Waals surface area contributed by atoms with Crippen molar-refractivity contribution in [2.24, 2.45) is 16.7 Å². The van der Waals surface area contributed by atoms with Crippen molar-refractivity contribution in [3.8, 4) is 17.2 Å². The summed E-state index contributed by atoms with van der Waals surface area (Å²) in [5, 5.41) is 0. The number of benzene rings is 3. The van der Waals surface area contributed by atoms with Gasteiger partial charge in [0.2, 0.25) is 0 Å². The molecule has 0 N–H and O–H groups in total. The van der Waals surface area contributed by atoms with Crippen molar-refractivity contribution in [3.63, 3.8) is 0 Å². The van der Waals surface area contributed by atoms with Gasteiger partial charge < -0.3 is 14.2 Å². The Balaban J connectivity index is 1.49. The van der Waals surface area contributed by atoms with Gasteiger partial charge in [-0.05, 0) is 120 Å². The van der Waals surface area contributed by atoms with E-state index in [1.807, 2.05) is 71.9 Å². The van der Waals surface area contributed by atoms with Crippen molar-refractivity contribution in [1.82, 2.24) is 4.90 Å². The Hall–Kier alpha value is -4.16. The minimum absolute atomic E-state index is 0.301. The summed E-state index contributed by atoms with van der Waals surface area (Å²) in [4.78, 5) is 27.9. The van der Waals surface area contributed by atoms with E-state index in [1.165, 1.54) is 6.42 Å². The van der Waals surface area contributed by atoms with Crippen molar-refractivity contribution in [2.75, 3.05) is 19.6 Å². The molecule has 6 heteroatoms. The monoisotopic (exact) mass is 621 g/mol. The van der Waals surface area contributed by atoms with Crippen LogP contribution in [-0.4, -0.2) is 36.5 Å². The lowest BCUT2D eigenvalue weighted by Crippen LogP contribution is -2.25. The Morgan fingerprint density at radius 3 is 2.15 bits per heavy atom. The third-order valence-electron chi connectivity index (χ3n) is 8.48. The van der Waals surface area contributed by atoms with Gasteiger partial charge in [-0.2, -0.15) is 0 Å². The number of hydrogen-bond acceptors (Lipinski definition) is 6. The summed E-state index contributed by atoms with van der Waals surface area (Å²) in [7, 11) is 0. The Kier molecular flexibility index (Phi) is 9.59. The van der Waals surface area contributed by atoms with E-state index in [-0.39, 0.29) is 11.9 Å². The van der Waals surface area contributed by atoms with Gasteiger partial charge in [-0.15, -0.1) is 0 Å². The molecule has 5 rings (SSSR count). The van der Waals surface area contributed by atoms with Gasteiger partial charge in [-0.25, -0.2) is 0 Å². The highest BCUT2D eigenvalue weighted by Gasteiger charge is 2.31. The maximum Gasteiger partial charge on any atom is 0.316 e. The predicted molar refractivity (Wildman–Crippen MR) is 185 cm³/mol. The fourth-order valence-corrected chi connectivity index (χ4v) is 5.66. The molecule has 0 amide bonds. The van der Waals surface area contributed by atoms with E-state index in [0.717, 1.165) is 59.0 Å². The number of likely N-dealkylation sites (tertiary alicyclic amines) is 1. The van der Waals surface area contributed by atoms with Crippen LogP contribution in [0.2, 0.25) is 0 Å². The first-order valence-corrected chi connectivity index (χ1v) is 16.2. The standard InChI is InChI=1S/C40H47NO5/c1-26-20-22-41(25-26)21-10-11-28-14-16-29(17-15-28)36-35(30-12-9-13-31(23-30)44-37(42)39(3,4)5)27(2)33-24-32(18-19-34(33)46-36)45-38(43)40(6,7)8/h9-19,23-24,26,36H,20-22,25H2,1-8H3/b11-10-/t26-,36?/m1/s1. The lowest BCUT2D eigenvalue weighted by atomic mass is 9.86. The van der Waals surface area contributed by atoms with Gasteiger partial charge in [-0.1, -0.05) is 55.5 Å². The number of fused-ring (bicyclic) bond motifs is 1. The van der Waals surface area contributed by atoms with E-state index >= 15 is 0 Å². The number of hydrogen-bond donors (Lipinski definition) is 0. The topological polar surface area (TPSA) is 65.1 Å². The van der Waals surface area contributed by atoms with Crippen LogP contribution in [0.3, 0.4) is 0 Å². The SMILES string of the molecule is CC1=C(c2cccc(OC(=O)C(C)(C)C)c2)C(c2ccc(/C=C\CN3CC[C@@H](C)C3)cc2)Oc2ccc(OC(=O)C(C)(C)C)cc21. The van der Waals surface area contributed by atoms with Crippen LogP contribution in [0.4, 0.5) is 0 Å². The van der Waals surface area contributed by atoms with Crippen molar-refractivity contribution >= 4 is 29.2 Å². The van der Waals surface area contributed by atoms with Crippen LogP contribution < -0.4 is 14.2 Å². The highest BCUT2D eigenvalue weighted by molar-refractivity contribution is 5.96. The summed E-state index contributed by atoms with van der Waals surface area (Å²) >= 11 is 0. The number of nitrogens with zero attached hydrogens (tertiary/aromatic N) is 1. The molecule has 1 fully saturated rings. The molecule has 46 heavy (non-hydrogen) atoms. The average Bonchev–Trinajstić information content (AvgIpc) is 3.41. The smallest absolute Gasteiger partial charge is 0.316 e. The zero-order valence-corrected chi connectivity index (χ0v) is 28.5. The fraction of sp³-hybridized carbons (Fsp3) is 0.400. The lowest BCUT2D eigenvalue weighted by molar-refractivity contribution is -0.143. The molecule has 0 saturated carbocycles. The Labute approximate surface area is 274 Å². The summed E-state index contributed by atoms with van der Waals surface area (Å²) < 4.78 is 18.2. The highest BCUT2D eigenvalue weighted by Crippen LogP contribution is 2.48. The molecule has 1 saturated heterocycles. The van der Waals surface area contributed by atoms with Crippen LogP contribution in [-0.2, 0) is 9.59 Å². The number of carbonyl (C=O) groups is 2. The fourth-order valence-electron chi connectivity index (χ4n) is 5.66. The van der Waals surface area contributed by atoms with Gasteiger partial charge in [0.25, 0.3) is 0 Å². The van der Waals surface area contributed by atoms with Crippen LogP contribution >= 0.6 is 0 Å². The molecule has 242 valence electrons. The summed E-state index contributed by atoms with van der Waals surface area (Å²) in [6.45, 7) is 18.7. The first-order chi connectivity index (χ1) is 21.7. The van der Waals surface area contributed by atoms with Gasteiger partial charge in [0.05, 0.1) is 10.8 Å². The molecular weight excluding hydrogens is 574 g/mol. The third kappa shape index (κ3) is 7.79. The number of rotatable bonds is 7. The molecule has 0 aliphatic carbocycles. The van der Waals surface area contributed by atoms with Crippen LogP contribution in [0.15, 0.2) is 72.8 Å².